The van der Waals surface area contributed by atoms with E-state index in [1.807, 2.05) is 32.0 Å². The fraction of sp³-hybridized carbons (Fsp3) is 0.300. The van der Waals surface area contributed by atoms with E-state index < -0.39 is 0 Å². The van der Waals surface area contributed by atoms with Gasteiger partial charge in [-0.15, -0.1) is 0 Å². The topological polar surface area (TPSA) is 61.4 Å². The average Bonchev–Trinajstić information content (AvgIpc) is 3.08. The van der Waals surface area contributed by atoms with Crippen LogP contribution in [0.3, 0.4) is 0 Å². The number of rotatable bonds is 5. The molecule has 3 amide bonds. The minimum Gasteiger partial charge on any atom is -0.351 e. The normalized spacial score (nSPS) is 14.2. The van der Waals surface area contributed by atoms with Gasteiger partial charge < -0.3 is 10.6 Å². The van der Waals surface area contributed by atoms with Gasteiger partial charge in [0.25, 0.3) is 5.91 Å². The van der Waals surface area contributed by atoms with Crippen molar-refractivity contribution in [3.05, 3.63) is 63.6 Å². The maximum atomic E-state index is 12.6. The van der Waals surface area contributed by atoms with Gasteiger partial charge in [-0.05, 0) is 35.9 Å². The third-order valence-corrected chi connectivity index (χ3v) is 5.41. The lowest BCUT2D eigenvalue weighted by atomic mass is 9.84. The van der Waals surface area contributed by atoms with Crippen molar-refractivity contribution < 1.29 is 9.59 Å². The molecule has 0 unspecified atom stereocenters. The minimum absolute atomic E-state index is 0.145. The highest BCUT2D eigenvalue weighted by molar-refractivity contribution is 6.42. The second-order valence-corrected chi connectivity index (χ2v) is 7.94. The molecule has 2 N–H and O–H groups in total. The number of carbonyl (C=O) groups is 2. The first-order valence-corrected chi connectivity index (χ1v) is 9.43. The van der Waals surface area contributed by atoms with E-state index in [1.54, 1.807) is 29.2 Å². The van der Waals surface area contributed by atoms with E-state index in [9.17, 15) is 9.59 Å². The molecule has 0 bridgehead atoms. The summed E-state index contributed by atoms with van der Waals surface area (Å²) >= 11 is 12.1. The fourth-order valence-electron chi connectivity index (χ4n) is 2.96. The molecule has 0 radical (unpaired) electrons. The second kappa shape index (κ2) is 7.79. The summed E-state index contributed by atoms with van der Waals surface area (Å²) in [5, 5.41) is 6.72. The molecule has 2 aromatic carbocycles. The molecule has 0 spiro atoms. The van der Waals surface area contributed by atoms with Crippen molar-refractivity contribution in [3.8, 4) is 0 Å². The lowest BCUT2D eigenvalue weighted by Crippen LogP contribution is -2.36. The van der Waals surface area contributed by atoms with Crippen molar-refractivity contribution in [3.63, 3.8) is 0 Å². The molecule has 1 saturated heterocycles. The molecule has 1 fully saturated rings. The molecular formula is C20H21Cl2N3O2. The number of nitrogens with zero attached hydrogens (tertiary/aromatic N) is 1. The van der Waals surface area contributed by atoms with Crippen molar-refractivity contribution in [1.29, 1.82) is 0 Å². The minimum atomic E-state index is -0.323. The summed E-state index contributed by atoms with van der Waals surface area (Å²) in [4.78, 5) is 26.1. The van der Waals surface area contributed by atoms with Gasteiger partial charge in [0.2, 0.25) is 0 Å². The van der Waals surface area contributed by atoms with Crippen molar-refractivity contribution in [2.75, 3.05) is 24.5 Å². The van der Waals surface area contributed by atoms with Crippen LogP contribution in [0.2, 0.25) is 10.0 Å². The Hall–Kier alpha value is -2.24. The van der Waals surface area contributed by atoms with Crippen LogP contribution in [0, 0.1) is 0 Å². The molecular weight excluding hydrogens is 385 g/mol. The van der Waals surface area contributed by atoms with Crippen LogP contribution in [-0.4, -0.2) is 31.6 Å². The molecule has 3 rings (SSSR count). The highest BCUT2D eigenvalue weighted by atomic mass is 35.5. The predicted molar refractivity (Wildman–Crippen MR) is 109 cm³/mol. The van der Waals surface area contributed by atoms with Crippen LogP contribution in [0.15, 0.2) is 42.5 Å². The number of hydrogen-bond acceptors (Lipinski definition) is 2. The predicted octanol–water partition coefficient (Wildman–Crippen LogP) is 4.23. The molecule has 5 nitrogen and oxygen atoms in total. The Morgan fingerprint density at radius 2 is 1.96 bits per heavy atom. The maximum absolute atomic E-state index is 12.6. The number of anilines is 1. The Morgan fingerprint density at radius 1 is 1.19 bits per heavy atom. The molecule has 0 aromatic heterocycles. The Labute approximate surface area is 168 Å². The molecule has 27 heavy (non-hydrogen) atoms. The zero-order chi connectivity index (χ0) is 19.6. The Kier molecular flexibility index (Phi) is 5.63. The largest absolute Gasteiger partial charge is 0.351 e. The van der Waals surface area contributed by atoms with Gasteiger partial charge in [-0.25, -0.2) is 4.79 Å². The number of hydrogen-bond donors (Lipinski definition) is 2. The van der Waals surface area contributed by atoms with Crippen molar-refractivity contribution >= 4 is 40.8 Å². The Morgan fingerprint density at radius 3 is 2.63 bits per heavy atom. The summed E-state index contributed by atoms with van der Waals surface area (Å²) in [6, 6.07) is 12.4. The molecule has 1 heterocycles. The molecule has 7 heteroatoms. The van der Waals surface area contributed by atoms with E-state index in [0.29, 0.717) is 40.9 Å². The maximum Gasteiger partial charge on any atom is 0.321 e. The van der Waals surface area contributed by atoms with E-state index in [4.69, 9.17) is 23.2 Å². The van der Waals surface area contributed by atoms with Crippen LogP contribution < -0.4 is 15.5 Å². The van der Waals surface area contributed by atoms with Gasteiger partial charge in [-0.3, -0.25) is 9.69 Å². The van der Waals surface area contributed by atoms with Crippen LogP contribution in [0.5, 0.6) is 0 Å². The summed E-state index contributed by atoms with van der Waals surface area (Å²) in [5.41, 5.74) is 1.88. The van der Waals surface area contributed by atoms with E-state index >= 15 is 0 Å². The third-order valence-electron chi connectivity index (χ3n) is 4.67. The van der Waals surface area contributed by atoms with Gasteiger partial charge in [0.05, 0.1) is 10.0 Å². The highest BCUT2D eigenvalue weighted by Gasteiger charge is 2.24. The average molecular weight is 406 g/mol. The molecule has 0 saturated carbocycles. The van der Waals surface area contributed by atoms with Gasteiger partial charge in [0.1, 0.15) is 0 Å². The molecule has 0 atom stereocenters. The smallest absolute Gasteiger partial charge is 0.321 e. The third kappa shape index (κ3) is 4.37. The van der Waals surface area contributed by atoms with Crippen molar-refractivity contribution in [2.24, 2.45) is 0 Å². The highest BCUT2D eigenvalue weighted by Crippen LogP contribution is 2.29. The van der Waals surface area contributed by atoms with Crippen LogP contribution in [0.1, 0.15) is 29.8 Å². The SMILES string of the molecule is CC(C)(CNC(=O)c1cccc(N2CCNC2=O)c1)c1ccc(Cl)c(Cl)c1. The standard InChI is InChI=1S/C20H21Cl2N3O2/c1-20(2,14-6-7-16(21)17(22)11-14)12-24-18(26)13-4-3-5-15(10-13)25-9-8-23-19(25)27/h3-7,10-11H,8-9,12H2,1-2H3,(H,23,27)(H,24,26). The second-order valence-electron chi connectivity index (χ2n) is 7.13. The fourth-order valence-corrected chi connectivity index (χ4v) is 3.25. The quantitative estimate of drug-likeness (QED) is 0.781. The number of urea groups is 1. The van der Waals surface area contributed by atoms with E-state index in [1.165, 1.54) is 0 Å². The lowest BCUT2D eigenvalue weighted by molar-refractivity contribution is 0.0945. The number of halogens is 2. The molecule has 1 aliphatic rings. The Bertz CT molecular complexity index is 883. The van der Waals surface area contributed by atoms with Gasteiger partial charge in [0, 0.05) is 36.3 Å². The first-order valence-electron chi connectivity index (χ1n) is 8.67. The van der Waals surface area contributed by atoms with Crippen LogP contribution >= 0.6 is 23.2 Å². The summed E-state index contributed by atoms with van der Waals surface area (Å²) in [7, 11) is 0. The summed E-state index contributed by atoms with van der Waals surface area (Å²) in [5.74, 6) is -0.190. The van der Waals surface area contributed by atoms with Crippen LogP contribution in [-0.2, 0) is 5.41 Å². The van der Waals surface area contributed by atoms with Crippen molar-refractivity contribution in [2.45, 2.75) is 19.3 Å². The van der Waals surface area contributed by atoms with Gasteiger partial charge in [-0.2, -0.15) is 0 Å². The number of nitrogens with one attached hydrogen (secondary N) is 2. The van der Waals surface area contributed by atoms with E-state index in [2.05, 4.69) is 10.6 Å². The van der Waals surface area contributed by atoms with Crippen molar-refractivity contribution in [1.82, 2.24) is 10.6 Å². The van der Waals surface area contributed by atoms with Gasteiger partial charge in [-0.1, -0.05) is 49.2 Å². The molecule has 0 aliphatic carbocycles. The van der Waals surface area contributed by atoms with Gasteiger partial charge >= 0.3 is 6.03 Å². The summed E-state index contributed by atoms with van der Waals surface area (Å²) < 4.78 is 0. The number of benzene rings is 2. The molecule has 2 aromatic rings. The molecule has 1 aliphatic heterocycles. The first kappa shape index (κ1) is 19.5. The van der Waals surface area contributed by atoms with E-state index in [0.717, 1.165) is 5.56 Å². The number of carbonyl (C=O) groups excluding carboxylic acids is 2. The number of amides is 3. The lowest BCUT2D eigenvalue weighted by Gasteiger charge is -2.26. The van der Waals surface area contributed by atoms with E-state index in [-0.39, 0.29) is 17.4 Å². The van der Waals surface area contributed by atoms with Gasteiger partial charge in [0.15, 0.2) is 0 Å². The summed E-state index contributed by atoms with van der Waals surface area (Å²) in [6.07, 6.45) is 0. The first-order chi connectivity index (χ1) is 12.8. The zero-order valence-corrected chi connectivity index (χ0v) is 16.7. The monoisotopic (exact) mass is 405 g/mol. The molecule has 142 valence electrons. The van der Waals surface area contributed by atoms with Crippen LogP contribution in [0.4, 0.5) is 10.5 Å². The zero-order valence-electron chi connectivity index (χ0n) is 15.2. The Balaban J connectivity index is 1.70. The van der Waals surface area contributed by atoms with Crippen LogP contribution in [0.25, 0.3) is 0 Å². The summed E-state index contributed by atoms with van der Waals surface area (Å²) in [6.45, 7) is 5.68.